The van der Waals surface area contributed by atoms with Gasteiger partial charge < -0.3 is 9.47 Å². The summed E-state index contributed by atoms with van der Waals surface area (Å²) in [5.74, 6) is 0.536. The molecule has 1 fully saturated rings. The third kappa shape index (κ3) is 6.70. The van der Waals surface area contributed by atoms with Gasteiger partial charge >= 0.3 is 0 Å². The van der Waals surface area contributed by atoms with Crippen LogP contribution >= 0.6 is 11.3 Å². The zero-order chi connectivity index (χ0) is 28.8. The topological polar surface area (TPSA) is 92.3 Å². The fourth-order valence-corrected chi connectivity index (χ4v) is 6.90. The predicted octanol–water partition coefficient (Wildman–Crippen LogP) is 4.89. The Kier molecular flexibility index (Phi) is 9.19. The summed E-state index contributed by atoms with van der Waals surface area (Å²) in [7, 11) is -2.27. The second-order valence-corrected chi connectivity index (χ2v) is 12.6. The smallest absolute Gasteiger partial charge is 0.264 e. The largest absolute Gasteiger partial charge is 0.494 e. The number of thiazole rings is 1. The molecule has 11 heteroatoms. The first-order valence-corrected chi connectivity index (χ1v) is 15.9. The highest BCUT2D eigenvalue weighted by Gasteiger charge is 2.25. The van der Waals surface area contributed by atoms with Gasteiger partial charge in [0.05, 0.1) is 40.6 Å². The van der Waals surface area contributed by atoms with E-state index in [1.54, 1.807) is 41.3 Å². The lowest BCUT2D eigenvalue weighted by molar-refractivity contribution is 0.0376. The van der Waals surface area contributed by atoms with Crippen molar-refractivity contribution in [1.82, 2.24) is 9.88 Å². The first-order valence-electron chi connectivity index (χ1n) is 13.7. The molecule has 1 amide bonds. The number of para-hydroxylation sites is 1. The van der Waals surface area contributed by atoms with Crippen LogP contribution in [0.25, 0.3) is 10.2 Å². The van der Waals surface area contributed by atoms with Gasteiger partial charge in [0.15, 0.2) is 5.13 Å². The molecular formula is C30H34N4O5S2. The van der Waals surface area contributed by atoms with Gasteiger partial charge in [0, 0.05) is 38.8 Å². The number of aromatic nitrogens is 1. The molecule has 3 aromatic carbocycles. The van der Waals surface area contributed by atoms with Crippen LogP contribution < -0.4 is 13.9 Å². The number of sulfonamides is 1. The average Bonchev–Trinajstić information content (AvgIpc) is 3.43. The van der Waals surface area contributed by atoms with Crippen molar-refractivity contribution in [3.63, 3.8) is 0 Å². The van der Waals surface area contributed by atoms with Crippen LogP contribution in [0.2, 0.25) is 0 Å². The summed E-state index contributed by atoms with van der Waals surface area (Å²) in [5.41, 5.74) is 1.75. The molecule has 1 aliphatic rings. The zero-order valence-corrected chi connectivity index (χ0v) is 24.9. The summed E-state index contributed by atoms with van der Waals surface area (Å²) in [4.78, 5) is 22.8. The molecule has 216 valence electrons. The van der Waals surface area contributed by atoms with E-state index >= 15 is 0 Å². The lowest BCUT2D eigenvalue weighted by Gasteiger charge is -2.27. The van der Waals surface area contributed by atoms with Gasteiger partial charge in [0.2, 0.25) is 0 Å². The van der Waals surface area contributed by atoms with Crippen molar-refractivity contribution in [2.24, 2.45) is 0 Å². The maximum absolute atomic E-state index is 13.9. The van der Waals surface area contributed by atoms with Crippen LogP contribution in [0.4, 0.5) is 10.8 Å². The maximum atomic E-state index is 13.9. The molecule has 1 aliphatic heterocycles. The average molecular weight is 595 g/mol. The summed E-state index contributed by atoms with van der Waals surface area (Å²) in [6.45, 7) is 7.02. The van der Waals surface area contributed by atoms with Gasteiger partial charge in [-0.15, -0.1) is 0 Å². The Morgan fingerprint density at radius 1 is 1.05 bits per heavy atom. The number of hydrogen-bond donors (Lipinski definition) is 0. The van der Waals surface area contributed by atoms with Gasteiger partial charge in [-0.25, -0.2) is 13.4 Å². The number of morpholine rings is 1. The van der Waals surface area contributed by atoms with Crippen LogP contribution in [0.5, 0.6) is 5.75 Å². The quantitative estimate of drug-likeness (QED) is 0.244. The Labute approximate surface area is 245 Å². The number of amides is 1. The molecule has 0 spiro atoms. The molecule has 0 radical (unpaired) electrons. The normalized spacial score (nSPS) is 14.2. The molecule has 41 heavy (non-hydrogen) atoms. The number of hydrogen-bond acceptors (Lipinski definition) is 8. The van der Waals surface area contributed by atoms with Gasteiger partial charge in [-0.1, -0.05) is 29.5 Å². The third-order valence-corrected chi connectivity index (χ3v) is 9.82. The lowest BCUT2D eigenvalue weighted by Crippen LogP contribution is -2.39. The molecule has 0 aliphatic carbocycles. The minimum Gasteiger partial charge on any atom is -0.494 e. The molecular weight excluding hydrogens is 560 g/mol. The molecule has 9 nitrogen and oxygen atoms in total. The van der Waals surface area contributed by atoms with Crippen LogP contribution in [0.1, 0.15) is 23.7 Å². The predicted molar refractivity (Wildman–Crippen MR) is 163 cm³/mol. The summed E-state index contributed by atoms with van der Waals surface area (Å²) in [5, 5.41) is 0.598. The molecule has 5 rings (SSSR count). The first kappa shape index (κ1) is 29.0. The monoisotopic (exact) mass is 594 g/mol. The van der Waals surface area contributed by atoms with Crippen LogP contribution in [0, 0.1) is 0 Å². The van der Waals surface area contributed by atoms with Gasteiger partial charge in [0.1, 0.15) is 5.75 Å². The lowest BCUT2D eigenvalue weighted by atomic mass is 10.2. The van der Waals surface area contributed by atoms with Crippen molar-refractivity contribution >= 4 is 48.3 Å². The second kappa shape index (κ2) is 13.0. The van der Waals surface area contributed by atoms with Crippen molar-refractivity contribution < 1.29 is 22.7 Å². The summed E-state index contributed by atoms with van der Waals surface area (Å²) < 4.78 is 39.7. The number of rotatable bonds is 11. The van der Waals surface area contributed by atoms with Crippen molar-refractivity contribution in [3.05, 3.63) is 78.4 Å². The number of fused-ring (bicyclic) bond motifs is 1. The highest BCUT2D eigenvalue weighted by atomic mass is 32.2. The van der Waals surface area contributed by atoms with Crippen LogP contribution in [-0.4, -0.2) is 77.3 Å². The number of carbonyl (C=O) groups excluding carboxylic acids is 1. The summed E-state index contributed by atoms with van der Waals surface area (Å²) in [6.07, 6.45) is 0.764. The van der Waals surface area contributed by atoms with E-state index in [2.05, 4.69) is 4.90 Å². The fourth-order valence-electron chi connectivity index (χ4n) is 4.69. The Hall–Kier alpha value is -3.51. The second-order valence-electron chi connectivity index (χ2n) is 9.66. The van der Waals surface area contributed by atoms with Crippen LogP contribution in [0.15, 0.2) is 77.7 Å². The van der Waals surface area contributed by atoms with E-state index in [-0.39, 0.29) is 10.8 Å². The maximum Gasteiger partial charge on any atom is 0.264 e. The molecule has 2 heterocycles. The molecule has 1 aromatic heterocycles. The van der Waals surface area contributed by atoms with E-state index in [4.69, 9.17) is 14.5 Å². The number of anilines is 2. The highest BCUT2D eigenvalue weighted by Crippen LogP contribution is 2.33. The summed E-state index contributed by atoms with van der Waals surface area (Å²) in [6, 6.07) is 20.7. The van der Waals surface area contributed by atoms with E-state index in [0.717, 1.165) is 55.2 Å². The Morgan fingerprint density at radius 2 is 1.78 bits per heavy atom. The molecule has 1 saturated heterocycles. The fraction of sp³-hybridized carbons (Fsp3) is 0.333. The van der Waals surface area contributed by atoms with Crippen LogP contribution in [0.3, 0.4) is 0 Å². The van der Waals surface area contributed by atoms with E-state index in [1.165, 1.54) is 34.8 Å². The SMILES string of the molecule is CCOc1ccc2nc(N(CCCN3CCOCC3)C(=O)c3ccc(S(=O)(=O)N(C)c4ccccc4)cc3)sc2c1. The molecule has 0 N–H and O–H groups in total. The van der Waals surface area contributed by atoms with E-state index in [9.17, 15) is 13.2 Å². The van der Waals surface area contributed by atoms with Gasteiger partial charge in [-0.2, -0.15) is 0 Å². The third-order valence-electron chi connectivity index (χ3n) is 6.97. The summed E-state index contributed by atoms with van der Waals surface area (Å²) >= 11 is 1.44. The van der Waals surface area contributed by atoms with Crippen molar-refractivity contribution in [2.45, 2.75) is 18.2 Å². The molecule has 0 atom stereocenters. The zero-order valence-electron chi connectivity index (χ0n) is 23.2. The molecule has 0 saturated carbocycles. The Bertz CT molecular complexity index is 1570. The first-order chi connectivity index (χ1) is 19.9. The number of benzene rings is 3. The molecule has 0 bridgehead atoms. The van der Waals surface area contributed by atoms with Gasteiger partial charge in [-0.3, -0.25) is 18.9 Å². The van der Waals surface area contributed by atoms with Gasteiger partial charge in [0.25, 0.3) is 15.9 Å². The van der Waals surface area contributed by atoms with E-state index < -0.39 is 10.0 Å². The minimum absolute atomic E-state index is 0.114. The van der Waals surface area contributed by atoms with E-state index in [0.29, 0.717) is 29.5 Å². The standard InChI is InChI=1S/C30H34N4O5S2/c1-3-39-25-12-15-27-28(22-25)40-30(31-27)34(17-7-16-33-18-20-38-21-19-33)29(35)23-10-13-26(14-11-23)41(36,37)32(2)24-8-5-4-6-9-24/h4-6,8-15,22H,3,7,16-21H2,1-2H3. The Morgan fingerprint density at radius 3 is 2.49 bits per heavy atom. The molecule has 0 unspecified atom stereocenters. The molecule has 4 aromatic rings. The van der Waals surface area contributed by atoms with Crippen molar-refractivity contribution in [2.75, 3.05) is 62.3 Å². The van der Waals surface area contributed by atoms with E-state index in [1.807, 2.05) is 31.2 Å². The minimum atomic E-state index is -3.79. The Balaban J connectivity index is 1.39. The number of nitrogens with zero attached hydrogens (tertiary/aromatic N) is 4. The number of ether oxygens (including phenoxy) is 2. The van der Waals surface area contributed by atoms with Gasteiger partial charge in [-0.05, 0) is 67.9 Å². The number of carbonyl (C=O) groups is 1. The van der Waals surface area contributed by atoms with Crippen LogP contribution in [-0.2, 0) is 14.8 Å². The van der Waals surface area contributed by atoms with Crippen molar-refractivity contribution in [3.8, 4) is 5.75 Å². The van der Waals surface area contributed by atoms with Crippen molar-refractivity contribution in [1.29, 1.82) is 0 Å². The highest BCUT2D eigenvalue weighted by molar-refractivity contribution is 7.92.